The minimum Gasteiger partial charge on any atom is -0.494 e. The Labute approximate surface area is 141 Å². The average Bonchev–Trinajstić information content (AvgIpc) is 3.03. The zero-order chi connectivity index (χ0) is 16.6. The minimum absolute atomic E-state index is 0.0372. The number of imidazole rings is 1. The van der Waals surface area contributed by atoms with Crippen LogP contribution >= 0.6 is 0 Å². The SMILES string of the molecule is O=C(CCc1nc2ccccc2[nH]1)NCCCOc1ccccc1. The molecular weight excluding hydrogens is 302 g/mol. The molecule has 2 N–H and O–H groups in total. The summed E-state index contributed by atoms with van der Waals surface area (Å²) < 4.78 is 5.58. The molecule has 0 aliphatic rings. The van der Waals surface area contributed by atoms with Gasteiger partial charge in [0.15, 0.2) is 0 Å². The van der Waals surface area contributed by atoms with E-state index in [2.05, 4.69) is 15.3 Å². The fraction of sp³-hybridized carbons (Fsp3) is 0.263. The predicted molar refractivity (Wildman–Crippen MR) is 94.0 cm³/mol. The van der Waals surface area contributed by atoms with E-state index >= 15 is 0 Å². The normalized spacial score (nSPS) is 10.7. The molecule has 3 aromatic rings. The number of aromatic amines is 1. The van der Waals surface area contributed by atoms with Crippen LogP contribution in [0.5, 0.6) is 5.75 Å². The number of fused-ring (bicyclic) bond motifs is 1. The zero-order valence-electron chi connectivity index (χ0n) is 13.5. The molecule has 5 nitrogen and oxygen atoms in total. The van der Waals surface area contributed by atoms with Crippen molar-refractivity contribution in [1.82, 2.24) is 15.3 Å². The number of hydrogen-bond acceptors (Lipinski definition) is 3. The molecule has 0 saturated carbocycles. The Balaban J connectivity index is 1.32. The Bertz CT molecular complexity index is 750. The molecular formula is C19H21N3O2. The van der Waals surface area contributed by atoms with Gasteiger partial charge in [0.2, 0.25) is 5.91 Å². The topological polar surface area (TPSA) is 67.0 Å². The lowest BCUT2D eigenvalue weighted by Gasteiger charge is -2.07. The van der Waals surface area contributed by atoms with E-state index in [4.69, 9.17) is 4.74 Å². The summed E-state index contributed by atoms with van der Waals surface area (Å²) >= 11 is 0. The summed E-state index contributed by atoms with van der Waals surface area (Å²) in [6, 6.07) is 17.5. The second-order valence-electron chi connectivity index (χ2n) is 5.57. The molecule has 1 heterocycles. The number of carbonyl (C=O) groups excluding carboxylic acids is 1. The highest BCUT2D eigenvalue weighted by molar-refractivity contribution is 5.77. The van der Waals surface area contributed by atoms with Crippen molar-refractivity contribution >= 4 is 16.9 Å². The van der Waals surface area contributed by atoms with E-state index in [0.717, 1.165) is 29.0 Å². The van der Waals surface area contributed by atoms with Gasteiger partial charge in [-0.1, -0.05) is 30.3 Å². The maximum atomic E-state index is 11.9. The fourth-order valence-corrected chi connectivity index (χ4v) is 2.45. The molecule has 0 aliphatic carbocycles. The Morgan fingerprint density at radius 1 is 1.08 bits per heavy atom. The predicted octanol–water partition coefficient (Wildman–Crippen LogP) is 3.08. The fourth-order valence-electron chi connectivity index (χ4n) is 2.45. The number of rotatable bonds is 8. The number of ether oxygens (including phenoxy) is 1. The largest absolute Gasteiger partial charge is 0.494 e. The summed E-state index contributed by atoms with van der Waals surface area (Å²) in [5, 5.41) is 2.91. The molecule has 0 aliphatic heterocycles. The van der Waals surface area contributed by atoms with Crippen LogP contribution in [0, 0.1) is 0 Å². The number of H-pyrrole nitrogens is 1. The number of hydrogen-bond donors (Lipinski definition) is 2. The lowest BCUT2D eigenvalue weighted by Crippen LogP contribution is -2.25. The standard InChI is InChI=1S/C19H21N3O2/c23-19(20-13-6-14-24-15-7-2-1-3-8-15)12-11-18-21-16-9-4-5-10-17(16)22-18/h1-5,7-10H,6,11-14H2,(H,20,23)(H,21,22). The molecule has 124 valence electrons. The van der Waals surface area contributed by atoms with Crippen LogP contribution in [0.2, 0.25) is 0 Å². The quantitative estimate of drug-likeness (QED) is 0.626. The Kier molecular flexibility index (Phi) is 5.45. The molecule has 0 fully saturated rings. The van der Waals surface area contributed by atoms with Crippen molar-refractivity contribution in [3.05, 3.63) is 60.4 Å². The number of carbonyl (C=O) groups is 1. The number of para-hydroxylation sites is 3. The number of benzene rings is 2. The summed E-state index contributed by atoms with van der Waals surface area (Å²) in [6.07, 6.45) is 1.83. The molecule has 0 spiro atoms. The Morgan fingerprint density at radius 3 is 2.71 bits per heavy atom. The molecule has 1 amide bonds. The molecule has 2 aromatic carbocycles. The summed E-state index contributed by atoms with van der Waals surface area (Å²) in [6.45, 7) is 1.21. The highest BCUT2D eigenvalue weighted by Crippen LogP contribution is 2.11. The first-order chi connectivity index (χ1) is 11.8. The van der Waals surface area contributed by atoms with Crippen LogP contribution in [0.25, 0.3) is 11.0 Å². The van der Waals surface area contributed by atoms with Gasteiger partial charge in [0.25, 0.3) is 0 Å². The van der Waals surface area contributed by atoms with Crippen molar-refractivity contribution in [3.63, 3.8) is 0 Å². The maximum Gasteiger partial charge on any atom is 0.220 e. The van der Waals surface area contributed by atoms with Crippen LogP contribution in [0.15, 0.2) is 54.6 Å². The molecule has 1 aromatic heterocycles. The first-order valence-corrected chi connectivity index (χ1v) is 8.19. The van der Waals surface area contributed by atoms with Gasteiger partial charge in [0, 0.05) is 19.4 Å². The van der Waals surface area contributed by atoms with Gasteiger partial charge in [0.1, 0.15) is 11.6 Å². The lowest BCUT2D eigenvalue weighted by atomic mass is 10.3. The van der Waals surface area contributed by atoms with Crippen LogP contribution < -0.4 is 10.1 Å². The van der Waals surface area contributed by atoms with Crippen molar-refractivity contribution in [2.45, 2.75) is 19.3 Å². The molecule has 5 heteroatoms. The molecule has 0 atom stereocenters. The maximum absolute atomic E-state index is 11.9. The van der Waals surface area contributed by atoms with E-state index in [1.54, 1.807) is 0 Å². The van der Waals surface area contributed by atoms with E-state index in [9.17, 15) is 4.79 Å². The summed E-state index contributed by atoms with van der Waals surface area (Å²) in [5.74, 6) is 1.74. The van der Waals surface area contributed by atoms with Crippen molar-refractivity contribution in [2.24, 2.45) is 0 Å². The molecule has 0 unspecified atom stereocenters. The number of amides is 1. The van der Waals surface area contributed by atoms with E-state index < -0.39 is 0 Å². The van der Waals surface area contributed by atoms with Crippen molar-refractivity contribution in [2.75, 3.05) is 13.2 Å². The van der Waals surface area contributed by atoms with E-state index in [0.29, 0.717) is 26.0 Å². The van der Waals surface area contributed by atoms with E-state index in [1.807, 2.05) is 54.6 Å². The zero-order valence-corrected chi connectivity index (χ0v) is 13.5. The molecule has 3 rings (SSSR count). The van der Waals surface area contributed by atoms with Gasteiger partial charge in [-0.05, 0) is 30.7 Å². The van der Waals surface area contributed by atoms with Crippen molar-refractivity contribution in [3.8, 4) is 5.75 Å². The lowest BCUT2D eigenvalue weighted by molar-refractivity contribution is -0.121. The third kappa shape index (κ3) is 4.59. The summed E-state index contributed by atoms with van der Waals surface area (Å²) in [5.41, 5.74) is 1.94. The molecule has 24 heavy (non-hydrogen) atoms. The second-order valence-corrected chi connectivity index (χ2v) is 5.57. The number of aryl methyl sites for hydroxylation is 1. The highest BCUT2D eigenvalue weighted by atomic mass is 16.5. The Morgan fingerprint density at radius 2 is 1.88 bits per heavy atom. The van der Waals surface area contributed by atoms with Gasteiger partial charge in [-0.3, -0.25) is 4.79 Å². The number of nitrogens with one attached hydrogen (secondary N) is 2. The molecule has 0 saturated heterocycles. The first kappa shape index (κ1) is 16.1. The second kappa shape index (κ2) is 8.15. The van der Waals surface area contributed by atoms with E-state index in [1.165, 1.54) is 0 Å². The van der Waals surface area contributed by atoms with Gasteiger partial charge in [-0.25, -0.2) is 4.98 Å². The molecule has 0 bridgehead atoms. The average molecular weight is 323 g/mol. The summed E-state index contributed by atoms with van der Waals surface area (Å²) in [4.78, 5) is 19.6. The highest BCUT2D eigenvalue weighted by Gasteiger charge is 2.05. The monoisotopic (exact) mass is 323 g/mol. The van der Waals surface area contributed by atoms with Gasteiger partial charge >= 0.3 is 0 Å². The van der Waals surface area contributed by atoms with E-state index in [-0.39, 0.29) is 5.91 Å². The molecule has 0 radical (unpaired) electrons. The van der Waals surface area contributed by atoms with Crippen LogP contribution in [0.1, 0.15) is 18.7 Å². The van der Waals surface area contributed by atoms with Crippen LogP contribution in [0.4, 0.5) is 0 Å². The van der Waals surface area contributed by atoms with Gasteiger partial charge in [-0.15, -0.1) is 0 Å². The third-order valence-corrected chi connectivity index (χ3v) is 3.68. The third-order valence-electron chi connectivity index (χ3n) is 3.68. The minimum atomic E-state index is 0.0372. The number of nitrogens with zero attached hydrogens (tertiary/aromatic N) is 1. The number of aromatic nitrogens is 2. The van der Waals surface area contributed by atoms with Crippen molar-refractivity contribution < 1.29 is 9.53 Å². The van der Waals surface area contributed by atoms with Crippen molar-refractivity contribution in [1.29, 1.82) is 0 Å². The Hall–Kier alpha value is -2.82. The van der Waals surface area contributed by atoms with Crippen LogP contribution in [-0.4, -0.2) is 29.0 Å². The smallest absolute Gasteiger partial charge is 0.220 e. The van der Waals surface area contributed by atoms with Gasteiger partial charge < -0.3 is 15.0 Å². The van der Waals surface area contributed by atoms with Crippen LogP contribution in [0.3, 0.4) is 0 Å². The van der Waals surface area contributed by atoms with Gasteiger partial charge in [0.05, 0.1) is 17.6 Å². The summed E-state index contributed by atoms with van der Waals surface area (Å²) in [7, 11) is 0. The van der Waals surface area contributed by atoms with Gasteiger partial charge in [-0.2, -0.15) is 0 Å². The first-order valence-electron chi connectivity index (χ1n) is 8.19. The van der Waals surface area contributed by atoms with Crippen LogP contribution in [-0.2, 0) is 11.2 Å².